The average molecular weight is 521 g/mol. The lowest BCUT2D eigenvalue weighted by molar-refractivity contribution is -0.134. The van der Waals surface area contributed by atoms with Gasteiger partial charge in [0.15, 0.2) is 0 Å². The number of aromatic nitrogens is 3. The summed E-state index contributed by atoms with van der Waals surface area (Å²) in [5.74, 6) is -3.59. The van der Waals surface area contributed by atoms with Gasteiger partial charge in [-0.05, 0) is 23.8 Å². The van der Waals surface area contributed by atoms with Gasteiger partial charge in [-0.3, -0.25) is 14.5 Å². The summed E-state index contributed by atoms with van der Waals surface area (Å²) >= 11 is 12.1. The van der Waals surface area contributed by atoms with Crippen molar-refractivity contribution in [2.24, 2.45) is 5.73 Å². The van der Waals surface area contributed by atoms with Crippen LogP contribution in [0.1, 0.15) is 34.5 Å². The van der Waals surface area contributed by atoms with E-state index in [1.807, 2.05) is 0 Å². The number of carbonyl (C=O) groups excluding carboxylic acids is 2. The SMILES string of the molecule is NC(=O)c1c(-c2ccc(Cl)c(Cl)c2)nn2c1CN(C(=O)NC1(c3cccnc3)CC(F)(F)C1)CC2. The van der Waals surface area contributed by atoms with Gasteiger partial charge in [-0.25, -0.2) is 13.6 Å². The summed E-state index contributed by atoms with van der Waals surface area (Å²) in [6.07, 6.45) is 1.99. The predicted octanol–water partition coefficient (Wildman–Crippen LogP) is 4.20. The van der Waals surface area contributed by atoms with Gasteiger partial charge in [-0.1, -0.05) is 35.3 Å². The van der Waals surface area contributed by atoms with Crippen molar-refractivity contribution in [2.75, 3.05) is 6.54 Å². The molecule has 5 rings (SSSR count). The van der Waals surface area contributed by atoms with Crippen LogP contribution in [0, 0.1) is 0 Å². The summed E-state index contributed by atoms with van der Waals surface area (Å²) in [5.41, 5.74) is 6.49. The number of alkyl halides is 2. The molecule has 0 unspecified atom stereocenters. The summed E-state index contributed by atoms with van der Waals surface area (Å²) in [6, 6.07) is 7.64. The Hall–Kier alpha value is -3.24. The highest BCUT2D eigenvalue weighted by Crippen LogP contribution is 2.51. The fraction of sp³-hybridized carbons (Fsp3) is 0.304. The van der Waals surface area contributed by atoms with Crippen LogP contribution in [-0.2, 0) is 18.6 Å². The third-order valence-electron chi connectivity index (χ3n) is 6.39. The Labute approximate surface area is 209 Å². The van der Waals surface area contributed by atoms with Crippen LogP contribution in [0.3, 0.4) is 0 Å². The number of rotatable bonds is 4. The molecule has 1 aliphatic carbocycles. The zero-order valence-electron chi connectivity index (χ0n) is 18.3. The van der Waals surface area contributed by atoms with Gasteiger partial charge in [0.2, 0.25) is 0 Å². The molecule has 0 atom stereocenters. The number of nitrogens with one attached hydrogen (secondary N) is 1. The van der Waals surface area contributed by atoms with E-state index in [-0.39, 0.29) is 18.7 Å². The van der Waals surface area contributed by atoms with E-state index in [1.54, 1.807) is 41.2 Å². The molecule has 3 aromatic rings. The van der Waals surface area contributed by atoms with Crippen LogP contribution in [0.2, 0.25) is 10.0 Å². The van der Waals surface area contributed by atoms with Crippen LogP contribution in [0.5, 0.6) is 0 Å². The molecular formula is C23H20Cl2F2N6O2. The maximum absolute atomic E-state index is 13.9. The molecule has 1 aliphatic heterocycles. The average Bonchev–Trinajstić information content (AvgIpc) is 3.19. The molecular weight excluding hydrogens is 501 g/mol. The fourth-order valence-electron chi connectivity index (χ4n) is 4.72. The highest BCUT2D eigenvalue weighted by Gasteiger charge is 2.58. The topological polar surface area (TPSA) is 106 Å². The largest absolute Gasteiger partial charge is 0.365 e. The molecule has 182 valence electrons. The Bertz CT molecular complexity index is 1320. The quantitative estimate of drug-likeness (QED) is 0.537. The molecule has 35 heavy (non-hydrogen) atoms. The number of halogens is 4. The number of amides is 3. The number of pyridine rings is 1. The van der Waals surface area contributed by atoms with Crippen molar-refractivity contribution in [1.29, 1.82) is 0 Å². The first-order chi connectivity index (χ1) is 16.6. The number of urea groups is 1. The molecule has 8 nitrogen and oxygen atoms in total. The van der Waals surface area contributed by atoms with Gasteiger partial charge in [0.05, 0.1) is 39.9 Å². The monoisotopic (exact) mass is 520 g/mol. The number of hydrogen-bond acceptors (Lipinski definition) is 4. The van der Waals surface area contributed by atoms with Crippen molar-refractivity contribution in [3.63, 3.8) is 0 Å². The van der Waals surface area contributed by atoms with E-state index in [1.165, 1.54) is 11.1 Å². The Kier molecular flexibility index (Phi) is 5.68. The maximum Gasteiger partial charge on any atom is 0.318 e. The van der Waals surface area contributed by atoms with E-state index in [4.69, 9.17) is 28.9 Å². The standard InChI is InChI=1S/C23H20Cl2F2N6O2/c24-15-4-3-13(8-16(15)25)19-18(20(28)34)17-10-32(6-7-33(17)31-19)21(35)30-22(11-23(26,27)12-22)14-2-1-5-29-9-14/h1-5,8-9H,6-7,10-12H2,(H2,28,34)(H,30,35). The molecule has 0 radical (unpaired) electrons. The van der Waals surface area contributed by atoms with Gasteiger partial charge >= 0.3 is 6.03 Å². The van der Waals surface area contributed by atoms with Crippen molar-refractivity contribution in [2.45, 2.75) is 37.4 Å². The van der Waals surface area contributed by atoms with Crippen molar-refractivity contribution in [3.8, 4) is 11.3 Å². The second-order valence-corrected chi connectivity index (χ2v) is 9.59. The molecule has 0 saturated heterocycles. The van der Waals surface area contributed by atoms with Crippen LogP contribution >= 0.6 is 23.2 Å². The summed E-state index contributed by atoms with van der Waals surface area (Å²) in [6.45, 7) is 0.581. The lowest BCUT2D eigenvalue weighted by Gasteiger charge is -2.48. The number of carbonyl (C=O) groups is 2. The van der Waals surface area contributed by atoms with Gasteiger partial charge in [-0.2, -0.15) is 5.10 Å². The third kappa shape index (κ3) is 4.21. The lowest BCUT2D eigenvalue weighted by Crippen LogP contribution is -2.62. The van der Waals surface area contributed by atoms with Gasteiger partial charge in [-0.15, -0.1) is 0 Å². The van der Waals surface area contributed by atoms with Crippen molar-refractivity contribution in [3.05, 3.63) is 69.6 Å². The minimum atomic E-state index is -2.88. The number of nitrogens with two attached hydrogens (primary N) is 1. The van der Waals surface area contributed by atoms with E-state index < -0.39 is 36.2 Å². The first-order valence-corrected chi connectivity index (χ1v) is 11.5. The number of benzene rings is 1. The van der Waals surface area contributed by atoms with Crippen LogP contribution < -0.4 is 11.1 Å². The third-order valence-corrected chi connectivity index (χ3v) is 7.13. The molecule has 0 spiro atoms. The Morgan fingerprint density at radius 2 is 1.89 bits per heavy atom. The second-order valence-electron chi connectivity index (χ2n) is 8.77. The lowest BCUT2D eigenvalue weighted by atomic mass is 9.69. The van der Waals surface area contributed by atoms with Crippen molar-refractivity contribution in [1.82, 2.24) is 25.0 Å². The Morgan fingerprint density at radius 1 is 1.11 bits per heavy atom. The van der Waals surface area contributed by atoms with E-state index in [0.29, 0.717) is 39.1 Å². The first-order valence-electron chi connectivity index (χ1n) is 10.8. The van der Waals surface area contributed by atoms with Gasteiger partial charge in [0.1, 0.15) is 5.69 Å². The predicted molar refractivity (Wildman–Crippen MR) is 125 cm³/mol. The van der Waals surface area contributed by atoms with Crippen molar-refractivity contribution < 1.29 is 18.4 Å². The van der Waals surface area contributed by atoms with E-state index in [9.17, 15) is 18.4 Å². The normalized spacial score (nSPS) is 17.9. The van der Waals surface area contributed by atoms with Crippen LogP contribution in [0.25, 0.3) is 11.3 Å². The molecule has 3 N–H and O–H groups in total. The minimum absolute atomic E-state index is 0.0257. The molecule has 1 aromatic carbocycles. The maximum atomic E-state index is 13.9. The molecule has 1 fully saturated rings. The van der Waals surface area contributed by atoms with E-state index in [2.05, 4.69) is 15.4 Å². The molecule has 0 bridgehead atoms. The van der Waals surface area contributed by atoms with Gasteiger partial charge < -0.3 is 16.0 Å². The van der Waals surface area contributed by atoms with E-state index >= 15 is 0 Å². The first kappa shape index (κ1) is 23.5. The summed E-state index contributed by atoms with van der Waals surface area (Å²) in [7, 11) is 0. The molecule has 2 aromatic heterocycles. The summed E-state index contributed by atoms with van der Waals surface area (Å²) in [4.78, 5) is 31.1. The molecule has 3 amide bonds. The molecule has 2 aliphatic rings. The van der Waals surface area contributed by atoms with Crippen LogP contribution in [0.4, 0.5) is 13.6 Å². The van der Waals surface area contributed by atoms with Crippen molar-refractivity contribution >= 4 is 35.1 Å². The van der Waals surface area contributed by atoms with Gasteiger partial charge in [0.25, 0.3) is 11.8 Å². The number of primary amides is 1. The van der Waals surface area contributed by atoms with Crippen LogP contribution in [0.15, 0.2) is 42.7 Å². The highest BCUT2D eigenvalue weighted by atomic mass is 35.5. The Morgan fingerprint density at radius 3 is 2.51 bits per heavy atom. The molecule has 3 heterocycles. The van der Waals surface area contributed by atoms with Crippen LogP contribution in [-0.4, -0.2) is 44.1 Å². The molecule has 1 saturated carbocycles. The zero-order valence-corrected chi connectivity index (χ0v) is 19.8. The zero-order chi connectivity index (χ0) is 25.0. The fourth-order valence-corrected chi connectivity index (χ4v) is 5.02. The highest BCUT2D eigenvalue weighted by molar-refractivity contribution is 6.42. The summed E-state index contributed by atoms with van der Waals surface area (Å²) in [5, 5.41) is 7.97. The van der Waals surface area contributed by atoms with E-state index in [0.717, 1.165) is 0 Å². The second kappa shape index (κ2) is 8.46. The Balaban J connectivity index is 1.43. The smallest absolute Gasteiger partial charge is 0.318 e. The number of nitrogens with zero attached hydrogens (tertiary/aromatic N) is 4. The minimum Gasteiger partial charge on any atom is -0.365 e. The number of hydrogen-bond donors (Lipinski definition) is 2. The summed E-state index contributed by atoms with van der Waals surface area (Å²) < 4.78 is 29.4. The molecule has 12 heteroatoms. The van der Waals surface area contributed by atoms with Gasteiger partial charge in [0, 0.05) is 37.3 Å². The number of fused-ring (bicyclic) bond motifs is 1.